The minimum absolute atomic E-state index is 0.0649. The molecule has 0 N–H and O–H groups in total. The van der Waals surface area contributed by atoms with Crippen LogP contribution in [0.3, 0.4) is 0 Å². The summed E-state index contributed by atoms with van der Waals surface area (Å²) in [4.78, 5) is 22.4. The van der Waals surface area contributed by atoms with Crippen molar-refractivity contribution in [1.82, 2.24) is 0 Å². The van der Waals surface area contributed by atoms with Crippen LogP contribution in [-0.4, -0.2) is 25.2 Å². The minimum atomic E-state index is -0.385. The molecule has 0 amide bonds. The van der Waals surface area contributed by atoms with Crippen LogP contribution < -0.4 is 0 Å². The van der Waals surface area contributed by atoms with Crippen LogP contribution in [-0.2, 0) is 19.1 Å². The Bertz CT molecular complexity index is 326. The number of rotatable bonds is 6. The molecule has 0 aliphatic heterocycles. The second-order valence-electron chi connectivity index (χ2n) is 4.06. The van der Waals surface area contributed by atoms with E-state index in [9.17, 15) is 9.59 Å². The molecule has 0 aliphatic rings. The van der Waals surface area contributed by atoms with Gasteiger partial charge < -0.3 is 9.47 Å². The summed E-state index contributed by atoms with van der Waals surface area (Å²) in [5.74, 6) is -0.846. The second kappa shape index (κ2) is 7.65. The quantitative estimate of drug-likeness (QED) is 0.406. The van der Waals surface area contributed by atoms with E-state index in [1.54, 1.807) is 33.8 Å². The summed E-state index contributed by atoms with van der Waals surface area (Å²) < 4.78 is 9.89. The molecular weight excluding hydrogens is 220 g/mol. The number of hydrogen-bond acceptors (Lipinski definition) is 4. The topological polar surface area (TPSA) is 52.6 Å². The van der Waals surface area contributed by atoms with Gasteiger partial charge in [-0.1, -0.05) is 26.5 Å². The Hall–Kier alpha value is -1.58. The van der Waals surface area contributed by atoms with Crippen molar-refractivity contribution >= 4 is 11.9 Å². The highest BCUT2D eigenvalue weighted by atomic mass is 16.5. The molecule has 0 aromatic heterocycles. The van der Waals surface area contributed by atoms with Crippen molar-refractivity contribution in [3.8, 4) is 0 Å². The summed E-state index contributed by atoms with van der Waals surface area (Å²) >= 11 is 0. The van der Waals surface area contributed by atoms with E-state index in [2.05, 4.69) is 6.58 Å². The molecule has 96 valence electrons. The minimum Gasteiger partial charge on any atom is -0.461 e. The lowest BCUT2D eigenvalue weighted by Crippen LogP contribution is -2.16. The van der Waals surface area contributed by atoms with Crippen LogP contribution >= 0.6 is 0 Å². The summed E-state index contributed by atoms with van der Waals surface area (Å²) in [6, 6.07) is 0. The summed E-state index contributed by atoms with van der Waals surface area (Å²) in [6.07, 6.45) is 1.67. The molecule has 17 heavy (non-hydrogen) atoms. The number of carbonyl (C=O) groups is 2. The first-order valence-corrected chi connectivity index (χ1v) is 5.51. The first kappa shape index (κ1) is 15.4. The standard InChI is InChI=1S/C13H20O4/c1-6-11(5)13(15)17-8-10(4)7-16-12(14)9(2)3/h6,9H,4,7-8H2,1-3,5H3. The summed E-state index contributed by atoms with van der Waals surface area (Å²) in [7, 11) is 0. The molecule has 0 rings (SSSR count). The van der Waals surface area contributed by atoms with Crippen LogP contribution in [0.2, 0.25) is 0 Å². The Morgan fingerprint density at radius 1 is 1.24 bits per heavy atom. The lowest BCUT2D eigenvalue weighted by molar-refractivity contribution is -0.146. The van der Waals surface area contributed by atoms with Crippen molar-refractivity contribution < 1.29 is 19.1 Å². The molecule has 0 fully saturated rings. The molecule has 0 bridgehead atoms. The fourth-order valence-corrected chi connectivity index (χ4v) is 0.781. The van der Waals surface area contributed by atoms with Crippen molar-refractivity contribution in [3.63, 3.8) is 0 Å². The van der Waals surface area contributed by atoms with E-state index in [0.29, 0.717) is 11.1 Å². The number of hydrogen-bond donors (Lipinski definition) is 0. The maximum atomic E-state index is 11.3. The summed E-state index contributed by atoms with van der Waals surface area (Å²) in [6.45, 7) is 10.7. The van der Waals surface area contributed by atoms with Crippen molar-refractivity contribution in [1.29, 1.82) is 0 Å². The Kier molecular flexibility index (Phi) is 6.94. The fourth-order valence-electron chi connectivity index (χ4n) is 0.781. The normalized spacial score (nSPS) is 11.2. The number of carbonyl (C=O) groups excluding carboxylic acids is 2. The summed E-state index contributed by atoms with van der Waals surface area (Å²) in [5.41, 5.74) is 1.09. The van der Waals surface area contributed by atoms with E-state index < -0.39 is 0 Å². The highest BCUT2D eigenvalue weighted by Crippen LogP contribution is 2.02. The third-order valence-corrected chi connectivity index (χ3v) is 2.05. The molecule has 0 heterocycles. The van der Waals surface area contributed by atoms with Crippen LogP contribution in [0, 0.1) is 5.92 Å². The van der Waals surface area contributed by atoms with Gasteiger partial charge in [0.1, 0.15) is 13.2 Å². The maximum absolute atomic E-state index is 11.3. The predicted octanol–water partition coefficient (Wildman–Crippen LogP) is 2.25. The second-order valence-corrected chi connectivity index (χ2v) is 4.06. The third kappa shape index (κ3) is 6.56. The Labute approximate surface area is 102 Å². The number of ether oxygens (including phenoxy) is 2. The van der Waals surface area contributed by atoms with Gasteiger partial charge in [0.05, 0.1) is 5.92 Å². The third-order valence-electron chi connectivity index (χ3n) is 2.05. The van der Waals surface area contributed by atoms with Gasteiger partial charge in [0, 0.05) is 5.57 Å². The van der Waals surface area contributed by atoms with E-state index in [0.717, 1.165) is 0 Å². The van der Waals surface area contributed by atoms with Gasteiger partial charge in [-0.2, -0.15) is 0 Å². The van der Waals surface area contributed by atoms with E-state index >= 15 is 0 Å². The molecular formula is C13H20O4. The zero-order chi connectivity index (χ0) is 13.4. The van der Waals surface area contributed by atoms with Crippen LogP contribution in [0.5, 0.6) is 0 Å². The number of esters is 2. The van der Waals surface area contributed by atoms with E-state index in [1.165, 1.54) is 0 Å². The van der Waals surface area contributed by atoms with Crippen molar-refractivity contribution in [2.45, 2.75) is 27.7 Å². The average molecular weight is 240 g/mol. The SMILES string of the molecule is C=C(COC(=O)C(C)=CC)COC(=O)C(C)C. The molecule has 0 unspecified atom stereocenters. The smallest absolute Gasteiger partial charge is 0.333 e. The van der Waals surface area contributed by atoms with Crippen LogP contribution in [0.1, 0.15) is 27.7 Å². The van der Waals surface area contributed by atoms with E-state index in [1.807, 2.05) is 0 Å². The lowest BCUT2D eigenvalue weighted by atomic mass is 10.2. The Morgan fingerprint density at radius 2 is 1.76 bits per heavy atom. The molecule has 0 aliphatic carbocycles. The molecule has 0 atom stereocenters. The van der Waals surface area contributed by atoms with Gasteiger partial charge in [0.15, 0.2) is 0 Å². The van der Waals surface area contributed by atoms with Gasteiger partial charge in [0.2, 0.25) is 0 Å². The summed E-state index contributed by atoms with van der Waals surface area (Å²) in [5, 5.41) is 0. The zero-order valence-electron chi connectivity index (χ0n) is 10.9. The maximum Gasteiger partial charge on any atom is 0.333 e. The lowest BCUT2D eigenvalue weighted by Gasteiger charge is -2.10. The zero-order valence-corrected chi connectivity index (χ0v) is 10.9. The van der Waals surface area contributed by atoms with Crippen molar-refractivity contribution in [3.05, 3.63) is 23.8 Å². The Morgan fingerprint density at radius 3 is 2.24 bits per heavy atom. The van der Waals surface area contributed by atoms with Gasteiger partial charge >= 0.3 is 11.9 Å². The first-order valence-electron chi connectivity index (χ1n) is 5.51. The molecule has 0 aromatic carbocycles. The van der Waals surface area contributed by atoms with Gasteiger partial charge in [-0.3, -0.25) is 4.79 Å². The van der Waals surface area contributed by atoms with Crippen LogP contribution in [0.4, 0.5) is 0 Å². The van der Waals surface area contributed by atoms with Gasteiger partial charge in [0.25, 0.3) is 0 Å². The first-order chi connectivity index (χ1) is 7.88. The van der Waals surface area contributed by atoms with Crippen molar-refractivity contribution in [2.75, 3.05) is 13.2 Å². The molecule has 4 heteroatoms. The highest BCUT2D eigenvalue weighted by Gasteiger charge is 2.10. The fraction of sp³-hybridized carbons (Fsp3) is 0.538. The van der Waals surface area contributed by atoms with E-state index in [-0.39, 0.29) is 31.1 Å². The van der Waals surface area contributed by atoms with Gasteiger partial charge in [-0.25, -0.2) is 4.79 Å². The van der Waals surface area contributed by atoms with Gasteiger partial charge in [-0.05, 0) is 19.4 Å². The molecule has 0 radical (unpaired) electrons. The van der Waals surface area contributed by atoms with Crippen LogP contribution in [0.25, 0.3) is 0 Å². The van der Waals surface area contributed by atoms with Crippen molar-refractivity contribution in [2.24, 2.45) is 5.92 Å². The van der Waals surface area contributed by atoms with Gasteiger partial charge in [-0.15, -0.1) is 0 Å². The molecule has 0 saturated heterocycles. The molecule has 0 saturated carbocycles. The van der Waals surface area contributed by atoms with Crippen LogP contribution in [0.15, 0.2) is 23.8 Å². The molecule has 0 aromatic rings. The van der Waals surface area contributed by atoms with E-state index in [4.69, 9.17) is 9.47 Å². The molecule has 0 spiro atoms. The monoisotopic (exact) mass is 240 g/mol. The molecule has 4 nitrogen and oxygen atoms in total. The highest BCUT2D eigenvalue weighted by molar-refractivity contribution is 5.87. The average Bonchev–Trinajstić information content (AvgIpc) is 2.31. The number of allylic oxidation sites excluding steroid dienone is 1. The predicted molar refractivity (Wildman–Crippen MR) is 65.3 cm³/mol. The largest absolute Gasteiger partial charge is 0.461 e. The Balaban J connectivity index is 3.89.